The molecule has 0 aromatic heterocycles. The largest absolute Gasteiger partial charge is 0.399 e. The van der Waals surface area contributed by atoms with E-state index in [9.17, 15) is 0 Å². The summed E-state index contributed by atoms with van der Waals surface area (Å²) < 4.78 is 0. The number of hydrogen-bond donors (Lipinski definition) is 1. The predicted molar refractivity (Wildman–Crippen MR) is 76.9 cm³/mol. The molecular formula is C15H15ClN2. The molecule has 1 aliphatic rings. The molecule has 0 saturated heterocycles. The van der Waals surface area contributed by atoms with E-state index in [-0.39, 0.29) is 0 Å². The highest BCUT2D eigenvalue weighted by atomic mass is 35.5. The van der Waals surface area contributed by atoms with Gasteiger partial charge in [-0.2, -0.15) is 0 Å². The molecule has 0 aliphatic carbocycles. The summed E-state index contributed by atoms with van der Waals surface area (Å²) in [5, 5.41) is 0.816. The maximum atomic E-state index is 6.32. The van der Waals surface area contributed by atoms with Crippen LogP contribution in [-0.2, 0) is 13.1 Å². The van der Waals surface area contributed by atoms with Crippen LogP contribution >= 0.6 is 11.6 Å². The van der Waals surface area contributed by atoms with Crippen molar-refractivity contribution in [1.82, 2.24) is 0 Å². The number of nitrogen functional groups attached to an aromatic ring is 1. The molecule has 0 radical (unpaired) electrons. The minimum absolute atomic E-state index is 0.816. The van der Waals surface area contributed by atoms with Crippen LogP contribution in [0.3, 0.4) is 0 Å². The molecule has 0 fully saturated rings. The van der Waals surface area contributed by atoms with Crippen molar-refractivity contribution in [3.05, 3.63) is 58.1 Å². The van der Waals surface area contributed by atoms with E-state index in [1.165, 1.54) is 16.7 Å². The van der Waals surface area contributed by atoms with Gasteiger partial charge in [-0.3, -0.25) is 0 Å². The van der Waals surface area contributed by atoms with Crippen LogP contribution in [0.15, 0.2) is 36.4 Å². The normalized spacial score (nSPS) is 13.8. The van der Waals surface area contributed by atoms with Gasteiger partial charge in [0, 0.05) is 18.8 Å². The first kappa shape index (κ1) is 11.4. The minimum atomic E-state index is 0.816. The van der Waals surface area contributed by atoms with Crippen LogP contribution in [0.5, 0.6) is 0 Å². The number of rotatable bonds is 1. The number of hydrogen-bond acceptors (Lipinski definition) is 2. The molecule has 0 amide bonds. The Morgan fingerprint density at radius 2 is 1.89 bits per heavy atom. The zero-order valence-electron chi connectivity index (χ0n) is 10.3. The number of aryl methyl sites for hydroxylation is 1. The van der Waals surface area contributed by atoms with Crippen LogP contribution in [0.2, 0.25) is 5.02 Å². The maximum Gasteiger partial charge on any atom is 0.0642 e. The van der Waals surface area contributed by atoms with Crippen LogP contribution in [0.1, 0.15) is 16.7 Å². The molecule has 3 rings (SSSR count). The number of nitrogens with two attached hydrogens (primary N) is 1. The summed E-state index contributed by atoms with van der Waals surface area (Å²) in [6.45, 7) is 3.88. The number of benzene rings is 2. The lowest BCUT2D eigenvalue weighted by molar-refractivity contribution is 0.875. The van der Waals surface area contributed by atoms with Crippen molar-refractivity contribution >= 4 is 23.0 Å². The van der Waals surface area contributed by atoms with Crippen LogP contribution in [0.25, 0.3) is 0 Å². The van der Waals surface area contributed by atoms with E-state index in [0.717, 1.165) is 29.5 Å². The number of para-hydroxylation sites is 1. The van der Waals surface area contributed by atoms with Gasteiger partial charge in [0.1, 0.15) is 0 Å². The Morgan fingerprint density at radius 1 is 1.11 bits per heavy atom. The molecule has 2 aromatic rings. The summed E-state index contributed by atoms with van der Waals surface area (Å²) in [6, 6.07) is 12.2. The van der Waals surface area contributed by atoms with Gasteiger partial charge in [0.15, 0.2) is 0 Å². The monoisotopic (exact) mass is 258 g/mol. The Morgan fingerprint density at radius 3 is 2.67 bits per heavy atom. The van der Waals surface area contributed by atoms with Crippen LogP contribution in [0.4, 0.5) is 11.4 Å². The predicted octanol–water partition coefficient (Wildman–Crippen LogP) is 3.75. The molecule has 1 heterocycles. The summed E-state index contributed by atoms with van der Waals surface area (Å²) in [5.74, 6) is 0. The second kappa shape index (κ2) is 4.21. The number of anilines is 2. The summed E-state index contributed by atoms with van der Waals surface area (Å²) in [4.78, 5) is 2.31. The first-order valence-corrected chi connectivity index (χ1v) is 6.40. The van der Waals surface area contributed by atoms with E-state index >= 15 is 0 Å². The minimum Gasteiger partial charge on any atom is -0.399 e. The van der Waals surface area contributed by atoms with E-state index < -0.39 is 0 Å². The Kier molecular flexibility index (Phi) is 2.67. The van der Waals surface area contributed by atoms with Gasteiger partial charge in [0.2, 0.25) is 0 Å². The molecule has 1 aliphatic heterocycles. The van der Waals surface area contributed by atoms with Gasteiger partial charge in [-0.05, 0) is 41.8 Å². The molecule has 0 atom stereocenters. The fourth-order valence-electron chi connectivity index (χ4n) is 2.60. The van der Waals surface area contributed by atoms with Gasteiger partial charge in [-0.25, -0.2) is 0 Å². The van der Waals surface area contributed by atoms with Crippen LogP contribution in [0, 0.1) is 6.92 Å². The van der Waals surface area contributed by atoms with Gasteiger partial charge in [-0.15, -0.1) is 0 Å². The highest BCUT2D eigenvalue weighted by molar-refractivity contribution is 6.33. The second-order valence-electron chi connectivity index (χ2n) is 4.79. The third kappa shape index (κ3) is 1.83. The Bertz CT molecular complexity index is 587. The molecule has 3 heteroatoms. The van der Waals surface area contributed by atoms with E-state index in [1.54, 1.807) is 0 Å². The SMILES string of the molecule is Cc1cccc(Cl)c1N1Cc2ccc(N)cc2C1. The summed E-state index contributed by atoms with van der Waals surface area (Å²) in [7, 11) is 0. The average molecular weight is 259 g/mol. The summed E-state index contributed by atoms with van der Waals surface area (Å²) >= 11 is 6.32. The van der Waals surface area contributed by atoms with Gasteiger partial charge in [-0.1, -0.05) is 29.8 Å². The topological polar surface area (TPSA) is 29.3 Å². The van der Waals surface area contributed by atoms with Gasteiger partial charge < -0.3 is 10.6 Å². The molecule has 0 bridgehead atoms. The maximum absolute atomic E-state index is 6.32. The van der Waals surface area contributed by atoms with Crippen molar-refractivity contribution in [3.63, 3.8) is 0 Å². The number of fused-ring (bicyclic) bond motifs is 1. The van der Waals surface area contributed by atoms with Crippen molar-refractivity contribution in [2.75, 3.05) is 10.6 Å². The van der Waals surface area contributed by atoms with Crippen molar-refractivity contribution in [2.24, 2.45) is 0 Å². The smallest absolute Gasteiger partial charge is 0.0642 e. The molecule has 2 aromatic carbocycles. The van der Waals surface area contributed by atoms with Gasteiger partial charge >= 0.3 is 0 Å². The van der Waals surface area contributed by atoms with E-state index in [1.807, 2.05) is 18.2 Å². The first-order chi connectivity index (χ1) is 8.65. The van der Waals surface area contributed by atoms with Crippen molar-refractivity contribution in [3.8, 4) is 0 Å². The van der Waals surface area contributed by atoms with Crippen LogP contribution < -0.4 is 10.6 Å². The van der Waals surface area contributed by atoms with Crippen molar-refractivity contribution < 1.29 is 0 Å². The molecule has 0 saturated carbocycles. The number of halogens is 1. The highest BCUT2D eigenvalue weighted by Crippen LogP contribution is 2.35. The Hall–Kier alpha value is -1.67. The van der Waals surface area contributed by atoms with E-state index in [0.29, 0.717) is 0 Å². The third-order valence-corrected chi connectivity index (χ3v) is 3.76. The van der Waals surface area contributed by atoms with Crippen molar-refractivity contribution in [1.29, 1.82) is 0 Å². The lowest BCUT2D eigenvalue weighted by Crippen LogP contribution is -2.16. The zero-order chi connectivity index (χ0) is 12.7. The quantitative estimate of drug-likeness (QED) is 0.790. The standard InChI is InChI=1S/C15H15ClN2/c1-10-3-2-4-14(16)15(10)18-8-11-5-6-13(17)7-12(11)9-18/h2-7H,8-9,17H2,1H3. The van der Waals surface area contributed by atoms with E-state index in [4.69, 9.17) is 17.3 Å². The van der Waals surface area contributed by atoms with Gasteiger partial charge in [0.25, 0.3) is 0 Å². The Balaban J connectivity index is 1.99. The van der Waals surface area contributed by atoms with E-state index in [2.05, 4.69) is 30.0 Å². The second-order valence-corrected chi connectivity index (χ2v) is 5.20. The summed E-state index contributed by atoms with van der Waals surface area (Å²) in [5.41, 5.74) is 11.6. The van der Waals surface area contributed by atoms with Gasteiger partial charge in [0.05, 0.1) is 10.7 Å². The molecule has 2 nitrogen and oxygen atoms in total. The highest BCUT2D eigenvalue weighted by Gasteiger charge is 2.22. The molecule has 0 unspecified atom stereocenters. The third-order valence-electron chi connectivity index (χ3n) is 3.46. The summed E-state index contributed by atoms with van der Waals surface area (Å²) in [6.07, 6.45) is 0. The first-order valence-electron chi connectivity index (χ1n) is 6.02. The molecule has 2 N–H and O–H groups in total. The molecule has 18 heavy (non-hydrogen) atoms. The van der Waals surface area contributed by atoms with Crippen molar-refractivity contribution in [2.45, 2.75) is 20.0 Å². The van der Waals surface area contributed by atoms with Crippen LogP contribution in [-0.4, -0.2) is 0 Å². The molecule has 0 spiro atoms. The zero-order valence-corrected chi connectivity index (χ0v) is 11.0. The molecule has 92 valence electrons. The number of nitrogens with zero attached hydrogens (tertiary/aromatic N) is 1. The fraction of sp³-hybridized carbons (Fsp3) is 0.200. The fourth-order valence-corrected chi connectivity index (χ4v) is 2.94. The lowest BCUT2D eigenvalue weighted by Gasteiger charge is -2.21. The Labute approximate surface area is 112 Å². The average Bonchev–Trinajstić information content (AvgIpc) is 2.71. The molecular weight excluding hydrogens is 244 g/mol. The lowest BCUT2D eigenvalue weighted by atomic mass is 10.1.